The van der Waals surface area contributed by atoms with E-state index in [0.717, 1.165) is 22.3 Å². The first-order chi connectivity index (χ1) is 28.7. The SMILES string of the molecule is CC(C)(C)c1cc2c(O)c(c1)Cc1cc(C(C)(C)C)cc(c1O)C=NCC(O)CN=Cc1cc(C(C)(C)C)cc(c1O)Cc1cc(C(C)(C)C)cc(c1O)C=NCC(O)CN=C2. The van der Waals surface area contributed by atoms with E-state index >= 15 is 0 Å². The average molecular weight is 845 g/mol. The summed E-state index contributed by atoms with van der Waals surface area (Å²) in [4.78, 5) is 18.1. The van der Waals surface area contributed by atoms with Gasteiger partial charge in [-0.25, -0.2) is 0 Å². The lowest BCUT2D eigenvalue weighted by atomic mass is 9.82. The largest absolute Gasteiger partial charge is 0.507 e. The van der Waals surface area contributed by atoms with Crippen LogP contribution < -0.4 is 0 Å². The molecule has 0 radical (unpaired) electrons. The van der Waals surface area contributed by atoms with Crippen LogP contribution in [-0.4, -0.2) is 93.9 Å². The predicted molar refractivity (Wildman–Crippen MR) is 255 cm³/mol. The molecule has 0 unspecified atom stereocenters. The molecule has 0 saturated heterocycles. The first kappa shape index (κ1) is 47.7. The fourth-order valence-corrected chi connectivity index (χ4v) is 7.16. The number of benzene rings is 4. The molecule has 62 heavy (non-hydrogen) atoms. The number of hydrogen-bond acceptors (Lipinski definition) is 10. The zero-order valence-electron chi connectivity index (χ0n) is 38.8. The summed E-state index contributed by atoms with van der Waals surface area (Å²) in [6, 6.07) is 15.4. The average Bonchev–Trinajstić information content (AvgIpc) is 3.14. The number of hydrogen-bond donors (Lipinski definition) is 6. The Bertz CT molecular complexity index is 2050. The van der Waals surface area contributed by atoms with Crippen LogP contribution in [0.2, 0.25) is 0 Å². The molecule has 1 heterocycles. The lowest BCUT2D eigenvalue weighted by molar-refractivity contribution is 0.192. The van der Waals surface area contributed by atoms with Crippen molar-refractivity contribution < 1.29 is 30.6 Å². The third-order valence-corrected chi connectivity index (χ3v) is 11.3. The molecule has 4 aromatic rings. The zero-order chi connectivity index (χ0) is 45.9. The molecule has 6 N–H and O–H groups in total. The van der Waals surface area contributed by atoms with Gasteiger partial charge in [0, 0.05) is 60.0 Å². The quantitative estimate of drug-likeness (QED) is 0.103. The molecule has 0 amide bonds. The number of phenols is 4. The monoisotopic (exact) mass is 845 g/mol. The van der Waals surface area contributed by atoms with E-state index in [-0.39, 0.29) is 83.7 Å². The van der Waals surface area contributed by atoms with Crippen molar-refractivity contribution in [1.82, 2.24) is 0 Å². The number of aliphatic imine (C=N–C) groups is 4. The van der Waals surface area contributed by atoms with Gasteiger partial charge in [0.05, 0.1) is 38.4 Å². The summed E-state index contributed by atoms with van der Waals surface area (Å²) in [5.74, 6) is 0.115. The second-order valence-electron chi connectivity index (χ2n) is 20.9. The summed E-state index contributed by atoms with van der Waals surface area (Å²) in [6.07, 6.45) is 4.82. The number of fused-ring (bicyclic) bond motifs is 8. The van der Waals surface area contributed by atoms with Crippen LogP contribution in [0.3, 0.4) is 0 Å². The van der Waals surface area contributed by atoms with Crippen LogP contribution >= 0.6 is 0 Å². The minimum absolute atomic E-state index is 0.0198. The van der Waals surface area contributed by atoms with Crippen molar-refractivity contribution in [2.75, 3.05) is 26.2 Å². The summed E-state index contributed by atoms with van der Waals surface area (Å²) < 4.78 is 0. The van der Waals surface area contributed by atoms with Gasteiger partial charge in [-0.3, -0.25) is 20.0 Å². The van der Waals surface area contributed by atoms with Crippen molar-refractivity contribution in [1.29, 1.82) is 0 Å². The molecule has 8 bridgehead atoms. The highest BCUT2D eigenvalue weighted by Crippen LogP contribution is 2.38. The molecule has 0 aliphatic carbocycles. The van der Waals surface area contributed by atoms with Crippen molar-refractivity contribution in [3.63, 3.8) is 0 Å². The maximum absolute atomic E-state index is 11.6. The Kier molecular flexibility index (Phi) is 14.3. The van der Waals surface area contributed by atoms with Crippen LogP contribution in [0.15, 0.2) is 68.5 Å². The molecule has 5 rings (SSSR count). The number of phenolic OH excluding ortho intramolecular Hbond substituents is 4. The van der Waals surface area contributed by atoms with Crippen LogP contribution in [0.25, 0.3) is 0 Å². The fourth-order valence-electron chi connectivity index (χ4n) is 7.16. The Morgan fingerprint density at radius 3 is 0.726 bits per heavy atom. The Morgan fingerprint density at radius 2 is 0.548 bits per heavy atom. The minimum atomic E-state index is -0.940. The highest BCUT2D eigenvalue weighted by atomic mass is 16.3. The van der Waals surface area contributed by atoms with Gasteiger partial charge in [-0.05, 0) is 90.4 Å². The number of nitrogens with zero attached hydrogens (tertiary/aromatic N) is 4. The second-order valence-corrected chi connectivity index (χ2v) is 20.9. The molecule has 10 heteroatoms. The molecular formula is C52H68N4O6. The Hall–Kier alpha value is -5.32. The zero-order valence-corrected chi connectivity index (χ0v) is 38.8. The fraction of sp³-hybridized carbons (Fsp3) is 0.462. The lowest BCUT2D eigenvalue weighted by Gasteiger charge is -2.24. The van der Waals surface area contributed by atoms with E-state index in [0.29, 0.717) is 44.5 Å². The van der Waals surface area contributed by atoms with Gasteiger partial charge in [-0.2, -0.15) is 0 Å². The number of aliphatic hydroxyl groups is 2. The van der Waals surface area contributed by atoms with Gasteiger partial charge in [-0.15, -0.1) is 0 Å². The van der Waals surface area contributed by atoms with Crippen LogP contribution in [-0.2, 0) is 34.5 Å². The summed E-state index contributed by atoms with van der Waals surface area (Å²) >= 11 is 0. The van der Waals surface area contributed by atoms with Gasteiger partial charge in [-0.1, -0.05) is 107 Å². The van der Waals surface area contributed by atoms with Crippen LogP contribution in [0, 0.1) is 0 Å². The van der Waals surface area contributed by atoms with E-state index in [1.165, 1.54) is 0 Å². The smallest absolute Gasteiger partial charge is 0.127 e. The summed E-state index contributed by atoms with van der Waals surface area (Å²) in [6.45, 7) is 25.1. The van der Waals surface area contributed by atoms with Crippen molar-refractivity contribution in [3.05, 3.63) is 115 Å². The van der Waals surface area contributed by atoms with E-state index in [1.54, 1.807) is 24.9 Å². The molecule has 332 valence electrons. The standard InChI is InChI=1S/C52H68N4O6/c1-49(2,3)39-15-31-13-32-16-40(50(4,5)6)20-36(46(32)60)24-54-29-44(58)30-56-26-38-22-42(52(10,11)12)18-34(48(38)62)14-33-17-41(51(7,8)9)21-37(47(33)61)25-55-28-43(57)27-53-23-35(19-39)45(31)59/h15-26,43-44,57-62H,13-14,27-30H2,1-12H3. The minimum Gasteiger partial charge on any atom is -0.507 e. The molecule has 1 aliphatic rings. The van der Waals surface area contributed by atoms with Crippen molar-refractivity contribution in [2.45, 2.75) is 130 Å². The van der Waals surface area contributed by atoms with Gasteiger partial charge in [0.1, 0.15) is 23.0 Å². The van der Waals surface area contributed by atoms with Crippen LogP contribution in [0.4, 0.5) is 0 Å². The summed E-state index contributed by atoms with van der Waals surface area (Å²) in [5, 5.41) is 68.6. The molecule has 0 spiro atoms. The van der Waals surface area contributed by atoms with Gasteiger partial charge >= 0.3 is 0 Å². The highest BCUT2D eigenvalue weighted by Gasteiger charge is 2.25. The van der Waals surface area contributed by atoms with E-state index in [1.807, 2.05) is 48.5 Å². The summed E-state index contributed by atoms with van der Waals surface area (Å²) in [7, 11) is 0. The van der Waals surface area contributed by atoms with Crippen molar-refractivity contribution in [3.8, 4) is 23.0 Å². The van der Waals surface area contributed by atoms with Crippen LogP contribution in [0.1, 0.15) is 150 Å². The topological polar surface area (TPSA) is 171 Å². The van der Waals surface area contributed by atoms with E-state index < -0.39 is 12.2 Å². The third-order valence-electron chi connectivity index (χ3n) is 11.3. The molecule has 1 aliphatic heterocycles. The summed E-state index contributed by atoms with van der Waals surface area (Å²) in [5.41, 5.74) is 7.17. The third kappa shape index (κ3) is 12.0. The molecule has 0 aromatic heterocycles. The highest BCUT2D eigenvalue weighted by molar-refractivity contribution is 5.87. The van der Waals surface area contributed by atoms with Crippen LogP contribution in [0.5, 0.6) is 23.0 Å². The number of aromatic hydroxyl groups is 4. The molecular weight excluding hydrogens is 777 g/mol. The number of rotatable bonds is 0. The van der Waals surface area contributed by atoms with Crippen molar-refractivity contribution in [2.24, 2.45) is 20.0 Å². The maximum Gasteiger partial charge on any atom is 0.127 e. The normalized spacial score (nSPS) is 17.5. The predicted octanol–water partition coefficient (Wildman–Crippen LogP) is 8.99. The molecule has 0 saturated carbocycles. The first-order valence-electron chi connectivity index (χ1n) is 21.5. The van der Waals surface area contributed by atoms with Gasteiger partial charge in [0.25, 0.3) is 0 Å². The Balaban J connectivity index is 1.63. The van der Waals surface area contributed by atoms with Gasteiger partial charge < -0.3 is 30.6 Å². The first-order valence-corrected chi connectivity index (χ1v) is 21.5. The molecule has 4 aromatic carbocycles. The van der Waals surface area contributed by atoms with Gasteiger partial charge in [0.15, 0.2) is 0 Å². The van der Waals surface area contributed by atoms with E-state index in [9.17, 15) is 30.6 Å². The van der Waals surface area contributed by atoms with Gasteiger partial charge in [0.2, 0.25) is 0 Å². The van der Waals surface area contributed by atoms with E-state index in [2.05, 4.69) is 103 Å². The molecule has 10 nitrogen and oxygen atoms in total. The Morgan fingerprint density at radius 1 is 0.355 bits per heavy atom. The maximum atomic E-state index is 11.6. The number of aliphatic hydroxyl groups excluding tert-OH is 2. The lowest BCUT2D eigenvalue weighted by Crippen LogP contribution is -2.16. The van der Waals surface area contributed by atoms with Crippen molar-refractivity contribution >= 4 is 24.9 Å². The molecule has 0 atom stereocenters. The second kappa shape index (κ2) is 18.6. The molecule has 0 fully saturated rings. The van der Waals surface area contributed by atoms with E-state index in [4.69, 9.17) is 0 Å². The Labute approximate surface area is 368 Å².